The van der Waals surface area contributed by atoms with E-state index in [9.17, 15) is 0 Å². The molecule has 0 spiro atoms. The lowest BCUT2D eigenvalue weighted by atomic mass is 10.7. The lowest BCUT2D eigenvalue weighted by Gasteiger charge is -1.84. The number of rotatable bonds is 0. The van der Waals surface area contributed by atoms with Gasteiger partial charge in [0.1, 0.15) is 12.4 Å². The minimum atomic E-state index is 0. The number of hydrogen-bond donors (Lipinski definition) is 0. The van der Waals surface area contributed by atoms with E-state index in [-0.39, 0.29) is 4.70 Å². The molecule has 3 heteroatoms. The highest BCUT2D eigenvalue weighted by atomic mass is 19.0. The number of aromatic nitrogens is 2. The quantitative estimate of drug-likeness (QED) is 0.335. The van der Waals surface area contributed by atoms with Crippen LogP contribution in [0.2, 0.25) is 0 Å². The Balaban J connectivity index is 0.000000640. The summed E-state index contributed by atoms with van der Waals surface area (Å²) in [5, 5.41) is 0. The van der Waals surface area contributed by atoms with Gasteiger partial charge in [0.05, 0.1) is 14.1 Å². The molecule has 2 nitrogen and oxygen atoms in total. The van der Waals surface area contributed by atoms with E-state index in [1.165, 1.54) is 5.82 Å². The molecule has 0 aliphatic rings. The molecule has 1 rings (SSSR count). The largest absolute Gasteiger partial charge is 1.00 e. The molecular formula is C6H11FN2. The molecule has 52 valence electrons. The molecule has 0 bridgehead atoms. The maximum Gasteiger partial charge on any atom is 0.252 e. The van der Waals surface area contributed by atoms with Gasteiger partial charge in [-0.1, -0.05) is 0 Å². The van der Waals surface area contributed by atoms with Gasteiger partial charge < -0.3 is 4.70 Å². The first-order valence-electron chi connectivity index (χ1n) is 2.69. The van der Waals surface area contributed by atoms with Gasteiger partial charge in [0.2, 0.25) is 0 Å². The van der Waals surface area contributed by atoms with Crippen molar-refractivity contribution in [1.29, 1.82) is 0 Å². The van der Waals surface area contributed by atoms with Crippen LogP contribution in [0.1, 0.15) is 5.82 Å². The molecule has 0 aliphatic heterocycles. The maximum absolute atomic E-state index is 2.08. The normalized spacial score (nSPS) is 8.78. The zero-order chi connectivity index (χ0) is 6.15. The first-order valence-corrected chi connectivity index (χ1v) is 2.69. The Morgan fingerprint density at radius 2 is 2.11 bits per heavy atom. The molecule has 0 fully saturated rings. The number of hydrogen-bond acceptors (Lipinski definition) is 0. The van der Waals surface area contributed by atoms with Gasteiger partial charge in [-0.25, -0.2) is 9.13 Å². The van der Waals surface area contributed by atoms with Crippen LogP contribution in [0, 0.1) is 6.92 Å². The van der Waals surface area contributed by atoms with Crippen LogP contribution in [0.25, 0.3) is 0 Å². The summed E-state index contributed by atoms with van der Waals surface area (Å²) in [6.07, 6.45) is 4.07. The summed E-state index contributed by atoms with van der Waals surface area (Å²) >= 11 is 0. The third-order valence-corrected chi connectivity index (χ3v) is 1.53. The smallest absolute Gasteiger partial charge is 0.252 e. The third-order valence-electron chi connectivity index (χ3n) is 1.53. The van der Waals surface area contributed by atoms with Crippen molar-refractivity contribution < 1.29 is 9.27 Å². The lowest BCUT2D eigenvalue weighted by Crippen LogP contribution is -3.00. The zero-order valence-electron chi connectivity index (χ0n) is 5.93. The highest BCUT2D eigenvalue weighted by Gasteiger charge is 2.00. The molecule has 0 radical (unpaired) electrons. The maximum atomic E-state index is 2.08. The van der Waals surface area contributed by atoms with Crippen molar-refractivity contribution in [3.63, 3.8) is 0 Å². The Kier molecular flexibility index (Phi) is 2.37. The van der Waals surface area contributed by atoms with Crippen molar-refractivity contribution in [3.05, 3.63) is 18.2 Å². The fraction of sp³-hybridized carbons (Fsp3) is 0.500. The average molecular weight is 130 g/mol. The molecule has 1 aromatic heterocycles. The highest BCUT2D eigenvalue weighted by molar-refractivity contribution is 4.75. The second kappa shape index (κ2) is 2.62. The Morgan fingerprint density at radius 1 is 1.56 bits per heavy atom. The van der Waals surface area contributed by atoms with Crippen molar-refractivity contribution in [2.24, 2.45) is 14.1 Å². The molecule has 0 unspecified atom stereocenters. The number of nitrogens with zero attached hydrogens (tertiary/aromatic N) is 2. The highest BCUT2D eigenvalue weighted by Crippen LogP contribution is 1.84. The number of aryl methyl sites for hydroxylation is 2. The predicted octanol–water partition coefficient (Wildman–Crippen LogP) is -2.84. The molecular weight excluding hydrogens is 119 g/mol. The van der Waals surface area contributed by atoms with Gasteiger partial charge in [0.25, 0.3) is 5.82 Å². The van der Waals surface area contributed by atoms with Gasteiger partial charge in [-0.15, -0.1) is 0 Å². The summed E-state index contributed by atoms with van der Waals surface area (Å²) in [7, 11) is 4.07. The molecule has 0 aromatic carbocycles. The first kappa shape index (κ1) is 8.14. The summed E-state index contributed by atoms with van der Waals surface area (Å²) in [5.41, 5.74) is 0. The van der Waals surface area contributed by atoms with E-state index in [0.717, 1.165) is 0 Å². The summed E-state index contributed by atoms with van der Waals surface area (Å²) in [5.74, 6) is 1.27. The summed E-state index contributed by atoms with van der Waals surface area (Å²) < 4.78 is 4.17. The molecule has 0 saturated heterocycles. The molecule has 0 saturated carbocycles. The van der Waals surface area contributed by atoms with E-state index in [1.54, 1.807) is 0 Å². The summed E-state index contributed by atoms with van der Waals surface area (Å²) in [6, 6.07) is 0. The Hall–Kier alpha value is -0.860. The molecule has 0 amide bonds. The van der Waals surface area contributed by atoms with Crippen molar-refractivity contribution in [2.75, 3.05) is 0 Å². The van der Waals surface area contributed by atoms with E-state index in [4.69, 9.17) is 0 Å². The summed E-state index contributed by atoms with van der Waals surface area (Å²) in [6.45, 7) is 2.08. The minimum absolute atomic E-state index is 0. The molecule has 9 heavy (non-hydrogen) atoms. The zero-order valence-corrected chi connectivity index (χ0v) is 5.93. The fourth-order valence-electron chi connectivity index (χ4n) is 0.665. The Bertz CT molecular complexity index is 173. The standard InChI is InChI=1S/C6H11N2.FH/c1-6-7(2)4-5-8(6)3;/h4-5H,1-3H3;1H/q+1;/p-1. The van der Waals surface area contributed by atoms with E-state index in [2.05, 4.69) is 16.1 Å². The van der Waals surface area contributed by atoms with E-state index in [0.29, 0.717) is 0 Å². The SMILES string of the molecule is Cc1n(C)cc[n+]1C.[F-]. The molecule has 0 atom stereocenters. The van der Waals surface area contributed by atoms with Crippen LogP contribution in [0.15, 0.2) is 12.4 Å². The van der Waals surface area contributed by atoms with Crippen LogP contribution < -0.4 is 9.27 Å². The number of imidazole rings is 1. The topological polar surface area (TPSA) is 8.81 Å². The number of halogens is 1. The molecule has 0 N–H and O–H groups in total. The van der Waals surface area contributed by atoms with Gasteiger partial charge in [-0.05, 0) is 0 Å². The van der Waals surface area contributed by atoms with Gasteiger partial charge >= 0.3 is 0 Å². The molecule has 1 aromatic rings. The van der Waals surface area contributed by atoms with E-state index in [1.807, 2.05) is 26.5 Å². The second-order valence-corrected chi connectivity index (χ2v) is 2.07. The van der Waals surface area contributed by atoms with Crippen LogP contribution in [-0.4, -0.2) is 4.57 Å². The monoisotopic (exact) mass is 130 g/mol. The molecule has 0 aliphatic carbocycles. The van der Waals surface area contributed by atoms with E-state index >= 15 is 0 Å². The Labute approximate surface area is 54.1 Å². The summed E-state index contributed by atoms with van der Waals surface area (Å²) in [4.78, 5) is 0. The van der Waals surface area contributed by atoms with Crippen molar-refractivity contribution >= 4 is 0 Å². The van der Waals surface area contributed by atoms with Crippen molar-refractivity contribution in [3.8, 4) is 0 Å². The van der Waals surface area contributed by atoms with Crippen molar-refractivity contribution in [1.82, 2.24) is 4.57 Å². The van der Waals surface area contributed by atoms with Crippen LogP contribution in [0.4, 0.5) is 0 Å². The van der Waals surface area contributed by atoms with E-state index < -0.39 is 0 Å². The Morgan fingerprint density at radius 3 is 2.22 bits per heavy atom. The van der Waals surface area contributed by atoms with Crippen LogP contribution >= 0.6 is 0 Å². The third kappa shape index (κ3) is 1.28. The second-order valence-electron chi connectivity index (χ2n) is 2.07. The minimum Gasteiger partial charge on any atom is -1.00 e. The van der Waals surface area contributed by atoms with Crippen molar-refractivity contribution in [2.45, 2.75) is 6.92 Å². The van der Waals surface area contributed by atoms with Gasteiger partial charge in [-0.2, -0.15) is 0 Å². The predicted molar refractivity (Wildman–Crippen MR) is 31.3 cm³/mol. The fourth-order valence-corrected chi connectivity index (χ4v) is 0.665. The van der Waals surface area contributed by atoms with Gasteiger partial charge in [0, 0.05) is 6.92 Å². The van der Waals surface area contributed by atoms with Gasteiger partial charge in [0.15, 0.2) is 0 Å². The van der Waals surface area contributed by atoms with Crippen LogP contribution in [-0.2, 0) is 14.1 Å². The lowest BCUT2D eigenvalue weighted by molar-refractivity contribution is -0.677. The molecule has 1 heterocycles. The van der Waals surface area contributed by atoms with Gasteiger partial charge in [-0.3, -0.25) is 0 Å². The van der Waals surface area contributed by atoms with Crippen LogP contribution in [0.3, 0.4) is 0 Å². The van der Waals surface area contributed by atoms with Crippen LogP contribution in [0.5, 0.6) is 0 Å². The average Bonchev–Trinajstić information content (AvgIpc) is 1.98. The first-order chi connectivity index (χ1) is 3.72.